The third-order valence-corrected chi connectivity index (χ3v) is 9.35. The molecule has 0 spiro atoms. The van der Waals surface area contributed by atoms with Gasteiger partial charge in [-0.1, -0.05) is 20.8 Å². The highest BCUT2D eigenvalue weighted by atomic mass is 28.4. The molecule has 0 aromatic rings. The molecule has 5 nitrogen and oxygen atoms in total. The van der Waals surface area contributed by atoms with Crippen LogP contribution < -0.4 is 0 Å². The predicted octanol–water partition coefficient (Wildman–Crippen LogP) is 2.53. The van der Waals surface area contributed by atoms with Gasteiger partial charge >= 0.3 is 6.09 Å². The molecule has 0 radical (unpaired) electrons. The quantitative estimate of drug-likeness (QED) is 0.809. The highest BCUT2D eigenvalue weighted by molar-refractivity contribution is 6.74. The summed E-state index contributed by atoms with van der Waals surface area (Å²) >= 11 is 0. The van der Waals surface area contributed by atoms with Crippen LogP contribution in [0.1, 0.15) is 27.2 Å². The summed E-state index contributed by atoms with van der Waals surface area (Å²) in [6.45, 7) is 11.1. The highest BCUT2D eigenvalue weighted by Gasteiger charge is 2.61. The van der Waals surface area contributed by atoms with Crippen LogP contribution in [0.25, 0.3) is 0 Å². The van der Waals surface area contributed by atoms with Crippen LogP contribution in [0.5, 0.6) is 0 Å². The maximum Gasteiger partial charge on any atom is 0.414 e. The molecule has 2 amide bonds. The van der Waals surface area contributed by atoms with E-state index in [9.17, 15) is 9.59 Å². The Balaban J connectivity index is 2.03. The molecule has 3 atom stereocenters. The first-order valence-corrected chi connectivity index (χ1v) is 9.67. The molecule has 1 saturated heterocycles. The molecule has 2 fully saturated rings. The Bertz CT molecular complexity index is 415. The van der Waals surface area contributed by atoms with E-state index in [0.717, 1.165) is 11.3 Å². The Morgan fingerprint density at radius 3 is 2.53 bits per heavy atom. The highest BCUT2D eigenvalue weighted by Crippen LogP contribution is 2.51. The van der Waals surface area contributed by atoms with Crippen LogP contribution >= 0.6 is 0 Å². The van der Waals surface area contributed by atoms with Crippen LogP contribution in [0.4, 0.5) is 4.79 Å². The van der Waals surface area contributed by atoms with Crippen LogP contribution in [0, 0.1) is 11.8 Å². The molecular formula is C13H23NO4Si. The smallest absolute Gasteiger partial charge is 0.414 e. The molecule has 1 N–H and O–H groups in total. The molecule has 0 bridgehead atoms. The summed E-state index contributed by atoms with van der Waals surface area (Å²) in [7, 11) is -1.90. The van der Waals surface area contributed by atoms with Crippen LogP contribution in [0.2, 0.25) is 18.1 Å². The number of rotatable bonds is 3. The molecule has 6 heteroatoms. The summed E-state index contributed by atoms with van der Waals surface area (Å²) in [5, 5.41) is 9.23. The second kappa shape index (κ2) is 4.31. The van der Waals surface area contributed by atoms with Crippen molar-refractivity contribution in [2.75, 3.05) is 6.61 Å². The summed E-state index contributed by atoms with van der Waals surface area (Å²) in [5.74, 6) is -0.112. The molecule has 2 rings (SSSR count). The minimum atomic E-state index is -1.90. The minimum absolute atomic E-state index is 0.0656. The Hall–Kier alpha value is -0.883. The predicted molar refractivity (Wildman–Crippen MR) is 73.4 cm³/mol. The summed E-state index contributed by atoms with van der Waals surface area (Å²) < 4.78 is 6.09. The van der Waals surface area contributed by atoms with Crippen molar-refractivity contribution in [3.63, 3.8) is 0 Å². The van der Waals surface area contributed by atoms with Crippen molar-refractivity contribution in [3.05, 3.63) is 0 Å². The molecular weight excluding hydrogens is 262 g/mol. The normalized spacial score (nSPS) is 30.5. The largest absolute Gasteiger partial charge is 0.465 e. The first-order valence-electron chi connectivity index (χ1n) is 6.76. The Labute approximate surface area is 115 Å². The number of fused-ring (bicyclic) bond motifs is 1. The van der Waals surface area contributed by atoms with Gasteiger partial charge in [0, 0.05) is 5.92 Å². The van der Waals surface area contributed by atoms with Gasteiger partial charge in [-0.3, -0.25) is 4.79 Å². The zero-order chi connectivity index (χ0) is 14.6. The number of carboxylic acid groups (broad SMARTS) is 1. The van der Waals surface area contributed by atoms with E-state index >= 15 is 0 Å². The number of imide groups is 1. The SMILES string of the molecule is CC(C)(C)[Si](C)(C)OC[C@@H]1[C@H]2C[C@H]2C(=O)N1C(=O)O. The Morgan fingerprint density at radius 1 is 1.47 bits per heavy atom. The number of amides is 2. The maximum absolute atomic E-state index is 11.8. The van der Waals surface area contributed by atoms with Gasteiger partial charge in [0.2, 0.25) is 5.91 Å². The molecule has 1 aliphatic heterocycles. The van der Waals surface area contributed by atoms with Gasteiger partial charge in [-0.2, -0.15) is 0 Å². The van der Waals surface area contributed by atoms with Gasteiger partial charge in [-0.15, -0.1) is 0 Å². The number of piperidine rings is 1. The van der Waals surface area contributed by atoms with Gasteiger partial charge in [0.1, 0.15) is 0 Å². The van der Waals surface area contributed by atoms with Crippen molar-refractivity contribution in [3.8, 4) is 0 Å². The average Bonchev–Trinajstić information content (AvgIpc) is 2.96. The molecule has 0 aromatic carbocycles. The zero-order valence-corrected chi connectivity index (χ0v) is 13.3. The summed E-state index contributed by atoms with van der Waals surface area (Å²) in [5.41, 5.74) is 0. The Kier molecular flexibility index (Phi) is 3.30. The lowest BCUT2D eigenvalue weighted by atomic mass is 10.2. The topological polar surface area (TPSA) is 66.8 Å². The van der Waals surface area contributed by atoms with Crippen molar-refractivity contribution in [2.45, 2.75) is 51.4 Å². The molecule has 108 valence electrons. The van der Waals surface area contributed by atoms with Gasteiger partial charge < -0.3 is 9.53 Å². The van der Waals surface area contributed by atoms with E-state index in [4.69, 9.17) is 9.53 Å². The lowest BCUT2D eigenvalue weighted by Crippen LogP contribution is -2.48. The van der Waals surface area contributed by atoms with E-state index in [2.05, 4.69) is 33.9 Å². The van der Waals surface area contributed by atoms with Crippen molar-refractivity contribution in [1.82, 2.24) is 4.90 Å². The molecule has 19 heavy (non-hydrogen) atoms. The lowest BCUT2D eigenvalue weighted by Gasteiger charge is -2.37. The van der Waals surface area contributed by atoms with Gasteiger partial charge in [0.05, 0.1) is 12.6 Å². The van der Waals surface area contributed by atoms with E-state index in [1.165, 1.54) is 0 Å². The van der Waals surface area contributed by atoms with Gasteiger partial charge in [0.25, 0.3) is 0 Å². The first kappa shape index (κ1) is 14.5. The number of carbonyl (C=O) groups is 2. The van der Waals surface area contributed by atoms with Gasteiger partial charge in [0.15, 0.2) is 8.32 Å². The second-order valence-electron chi connectivity index (χ2n) is 7.14. The maximum atomic E-state index is 11.8. The second-order valence-corrected chi connectivity index (χ2v) is 11.9. The fourth-order valence-electron chi connectivity index (χ4n) is 2.40. The van der Waals surface area contributed by atoms with E-state index in [1.54, 1.807) is 0 Å². The average molecular weight is 285 g/mol. The zero-order valence-electron chi connectivity index (χ0n) is 12.3. The van der Waals surface area contributed by atoms with Crippen LogP contribution in [-0.4, -0.2) is 43.0 Å². The van der Waals surface area contributed by atoms with Crippen LogP contribution in [-0.2, 0) is 9.22 Å². The van der Waals surface area contributed by atoms with E-state index < -0.39 is 14.4 Å². The van der Waals surface area contributed by atoms with Crippen LogP contribution in [0.15, 0.2) is 0 Å². The fourth-order valence-corrected chi connectivity index (χ4v) is 3.42. The number of nitrogens with zero attached hydrogens (tertiary/aromatic N) is 1. The third-order valence-electron chi connectivity index (χ3n) is 4.85. The fraction of sp³-hybridized carbons (Fsp3) is 0.846. The Morgan fingerprint density at radius 2 is 2.05 bits per heavy atom. The van der Waals surface area contributed by atoms with Gasteiger partial charge in [-0.25, -0.2) is 9.69 Å². The summed E-state index contributed by atoms with van der Waals surface area (Å²) in [4.78, 5) is 24.0. The molecule has 2 aliphatic rings. The molecule has 0 aromatic heterocycles. The number of carbonyl (C=O) groups excluding carboxylic acids is 1. The lowest BCUT2D eigenvalue weighted by molar-refractivity contribution is -0.129. The first-order chi connectivity index (χ1) is 8.56. The monoisotopic (exact) mass is 285 g/mol. The van der Waals surface area contributed by atoms with E-state index in [0.29, 0.717) is 6.61 Å². The summed E-state index contributed by atoms with van der Waals surface area (Å²) in [6.07, 6.45) is -0.310. The standard InChI is InChI=1S/C13H23NO4Si/c1-13(2,3)19(4,5)18-7-10-8-6-9(8)11(15)14(10)12(16)17/h8-10H,6-7H2,1-5H3,(H,16,17)/t8-,9+,10+/m0/s1. The summed E-state index contributed by atoms with van der Waals surface area (Å²) in [6, 6.07) is -0.274. The number of hydrogen-bond donors (Lipinski definition) is 1. The van der Waals surface area contributed by atoms with E-state index in [1.807, 2.05) is 0 Å². The van der Waals surface area contributed by atoms with Gasteiger partial charge in [-0.05, 0) is 30.5 Å². The minimum Gasteiger partial charge on any atom is -0.465 e. The molecule has 1 aliphatic carbocycles. The third kappa shape index (κ3) is 2.43. The number of likely N-dealkylation sites (tertiary alicyclic amines) is 1. The molecule has 1 saturated carbocycles. The van der Waals surface area contributed by atoms with Crippen molar-refractivity contribution >= 4 is 20.3 Å². The number of hydrogen-bond acceptors (Lipinski definition) is 3. The molecule has 1 heterocycles. The van der Waals surface area contributed by atoms with Crippen molar-refractivity contribution < 1.29 is 19.1 Å². The van der Waals surface area contributed by atoms with E-state index in [-0.39, 0.29) is 28.8 Å². The molecule has 0 unspecified atom stereocenters. The van der Waals surface area contributed by atoms with Crippen molar-refractivity contribution in [2.24, 2.45) is 11.8 Å². The van der Waals surface area contributed by atoms with Crippen molar-refractivity contribution in [1.29, 1.82) is 0 Å². The van der Waals surface area contributed by atoms with Crippen LogP contribution in [0.3, 0.4) is 0 Å².